The van der Waals surface area contributed by atoms with Gasteiger partial charge in [-0.1, -0.05) is 42.5 Å². The first-order chi connectivity index (χ1) is 14.8. The number of carbonyl (C=O) groups is 1. The Kier molecular flexibility index (Phi) is 5.86. The Morgan fingerprint density at radius 2 is 1.74 bits per heavy atom. The van der Waals surface area contributed by atoms with Gasteiger partial charge in [0.15, 0.2) is 0 Å². The molecular weight excluding hydrogens is 430 g/mol. The largest absolute Gasteiger partial charge is 0.322 e. The van der Waals surface area contributed by atoms with E-state index in [0.29, 0.717) is 5.69 Å². The molecule has 4 aromatic rings. The van der Waals surface area contributed by atoms with Gasteiger partial charge in [-0.3, -0.25) is 4.79 Å². The average Bonchev–Trinajstić information content (AvgIpc) is 3.13. The third kappa shape index (κ3) is 4.51. The lowest BCUT2D eigenvalue weighted by atomic mass is 10.2. The number of anilines is 1. The molecule has 6 nitrogen and oxygen atoms in total. The van der Waals surface area contributed by atoms with Crippen molar-refractivity contribution in [1.82, 2.24) is 9.29 Å². The highest BCUT2D eigenvalue weighted by atomic mass is 32.2. The molecule has 1 heterocycles. The molecule has 0 aliphatic heterocycles. The summed E-state index contributed by atoms with van der Waals surface area (Å²) in [6, 6.07) is 21.0. The van der Waals surface area contributed by atoms with Gasteiger partial charge < -0.3 is 5.32 Å². The van der Waals surface area contributed by atoms with Crippen LogP contribution < -0.4 is 5.32 Å². The molecule has 3 aromatic carbocycles. The molecule has 0 bridgehead atoms. The van der Waals surface area contributed by atoms with Crippen molar-refractivity contribution in [2.45, 2.75) is 18.4 Å². The summed E-state index contributed by atoms with van der Waals surface area (Å²) in [7, 11) is -2.37. The summed E-state index contributed by atoms with van der Waals surface area (Å²) in [6.07, 6.45) is 0. The fraction of sp³-hybridized carbons (Fsp3) is 0.130. The smallest absolute Gasteiger partial charge is 0.257 e. The van der Waals surface area contributed by atoms with E-state index in [1.807, 2.05) is 43.3 Å². The minimum absolute atomic E-state index is 0.0310. The monoisotopic (exact) mass is 451 g/mol. The van der Waals surface area contributed by atoms with E-state index < -0.39 is 15.9 Å². The molecule has 0 spiro atoms. The van der Waals surface area contributed by atoms with Crippen LogP contribution in [0.25, 0.3) is 10.2 Å². The Morgan fingerprint density at radius 1 is 1.03 bits per heavy atom. The predicted octanol–water partition coefficient (Wildman–Crippen LogP) is 4.68. The second-order valence-corrected chi connectivity index (χ2v) is 10.4. The molecule has 0 saturated heterocycles. The summed E-state index contributed by atoms with van der Waals surface area (Å²) in [5, 5.41) is 3.74. The first kappa shape index (κ1) is 21.2. The lowest BCUT2D eigenvalue weighted by molar-refractivity contribution is 0.102. The zero-order chi connectivity index (χ0) is 22.0. The van der Waals surface area contributed by atoms with E-state index in [4.69, 9.17) is 0 Å². The number of benzene rings is 3. The Bertz CT molecular complexity index is 1350. The van der Waals surface area contributed by atoms with Crippen molar-refractivity contribution in [2.75, 3.05) is 12.4 Å². The van der Waals surface area contributed by atoms with E-state index in [1.165, 1.54) is 23.5 Å². The molecule has 4 rings (SSSR count). The number of fused-ring (bicyclic) bond motifs is 1. The summed E-state index contributed by atoms with van der Waals surface area (Å²) in [6.45, 7) is 2.13. The van der Waals surface area contributed by atoms with E-state index in [-0.39, 0.29) is 17.0 Å². The predicted molar refractivity (Wildman–Crippen MR) is 124 cm³/mol. The number of hydrogen-bond acceptors (Lipinski definition) is 5. The SMILES string of the molecule is Cc1nc2cc(NC(=O)c3ccccc3S(=O)(=O)N(C)Cc3ccccc3)ccc2s1. The van der Waals surface area contributed by atoms with Crippen molar-refractivity contribution in [1.29, 1.82) is 0 Å². The molecule has 0 unspecified atom stereocenters. The number of hydrogen-bond donors (Lipinski definition) is 1. The molecule has 8 heteroatoms. The molecular formula is C23H21N3O3S2. The standard InChI is InChI=1S/C23H21N3O3S2/c1-16-24-20-14-18(12-13-21(20)30-16)25-23(27)19-10-6-7-11-22(19)31(28,29)26(2)15-17-8-4-3-5-9-17/h3-14H,15H2,1-2H3,(H,25,27). The van der Waals surface area contributed by atoms with Crippen molar-refractivity contribution in [3.05, 3.63) is 88.9 Å². The number of rotatable bonds is 6. The minimum atomic E-state index is -3.87. The molecule has 0 aliphatic rings. The third-order valence-corrected chi connectivity index (χ3v) is 7.63. The average molecular weight is 452 g/mol. The lowest BCUT2D eigenvalue weighted by Crippen LogP contribution is -2.28. The minimum Gasteiger partial charge on any atom is -0.322 e. The van der Waals surface area contributed by atoms with E-state index in [9.17, 15) is 13.2 Å². The highest BCUT2D eigenvalue weighted by Gasteiger charge is 2.26. The Labute approximate surface area is 185 Å². The van der Waals surface area contributed by atoms with E-state index in [0.717, 1.165) is 20.8 Å². The van der Waals surface area contributed by atoms with Gasteiger partial charge >= 0.3 is 0 Å². The Morgan fingerprint density at radius 3 is 2.52 bits per heavy atom. The quantitative estimate of drug-likeness (QED) is 0.462. The summed E-state index contributed by atoms with van der Waals surface area (Å²) >= 11 is 1.58. The maximum Gasteiger partial charge on any atom is 0.257 e. The summed E-state index contributed by atoms with van der Waals surface area (Å²) < 4.78 is 28.7. The van der Waals surface area contributed by atoms with Crippen LogP contribution in [0.5, 0.6) is 0 Å². The number of nitrogens with zero attached hydrogens (tertiary/aromatic N) is 2. The number of carbonyl (C=O) groups excluding carboxylic acids is 1. The number of aromatic nitrogens is 1. The lowest BCUT2D eigenvalue weighted by Gasteiger charge is -2.19. The number of sulfonamides is 1. The van der Waals surface area contributed by atoms with Crippen molar-refractivity contribution in [3.8, 4) is 0 Å². The van der Waals surface area contributed by atoms with Crippen molar-refractivity contribution >= 4 is 43.2 Å². The second-order valence-electron chi connectivity index (χ2n) is 7.11. The van der Waals surface area contributed by atoms with Crippen LogP contribution in [-0.4, -0.2) is 30.7 Å². The summed E-state index contributed by atoms with van der Waals surface area (Å²) in [4.78, 5) is 17.4. The molecule has 0 saturated carbocycles. The van der Waals surface area contributed by atoms with Gasteiger partial charge in [0.2, 0.25) is 10.0 Å². The zero-order valence-electron chi connectivity index (χ0n) is 17.1. The molecule has 0 radical (unpaired) electrons. The molecule has 1 N–H and O–H groups in total. The van der Waals surface area contributed by atoms with Gasteiger partial charge in [0.25, 0.3) is 5.91 Å². The van der Waals surface area contributed by atoms with Gasteiger partial charge in [0.05, 0.1) is 25.7 Å². The van der Waals surface area contributed by atoms with E-state index in [1.54, 1.807) is 35.6 Å². The fourth-order valence-electron chi connectivity index (χ4n) is 3.29. The van der Waals surface area contributed by atoms with E-state index in [2.05, 4.69) is 10.3 Å². The highest BCUT2D eigenvalue weighted by molar-refractivity contribution is 7.89. The van der Waals surface area contributed by atoms with Gasteiger partial charge in [-0.25, -0.2) is 13.4 Å². The molecule has 31 heavy (non-hydrogen) atoms. The molecule has 158 valence electrons. The van der Waals surface area contributed by atoms with Gasteiger partial charge in [0, 0.05) is 19.3 Å². The second kappa shape index (κ2) is 8.58. The van der Waals surface area contributed by atoms with Crippen LogP contribution in [0.15, 0.2) is 77.7 Å². The molecule has 1 amide bonds. The number of aryl methyl sites for hydroxylation is 1. The van der Waals surface area contributed by atoms with Gasteiger partial charge in [-0.15, -0.1) is 11.3 Å². The van der Waals surface area contributed by atoms with Crippen LogP contribution in [0.4, 0.5) is 5.69 Å². The van der Waals surface area contributed by atoms with E-state index >= 15 is 0 Å². The molecule has 0 aliphatic carbocycles. The Balaban J connectivity index is 1.61. The molecule has 0 atom stereocenters. The molecule has 0 fully saturated rings. The maximum atomic E-state index is 13.2. The van der Waals surface area contributed by atoms with Gasteiger partial charge in [0.1, 0.15) is 0 Å². The summed E-state index contributed by atoms with van der Waals surface area (Å²) in [5.41, 5.74) is 2.32. The van der Waals surface area contributed by atoms with Crippen LogP contribution in [-0.2, 0) is 16.6 Å². The number of nitrogens with one attached hydrogen (secondary N) is 1. The normalized spacial score (nSPS) is 11.7. The highest BCUT2D eigenvalue weighted by Crippen LogP contribution is 2.26. The number of thiazole rings is 1. The van der Waals surface area contributed by atoms with Gasteiger partial charge in [-0.05, 0) is 42.8 Å². The number of amides is 1. The van der Waals surface area contributed by atoms with Crippen LogP contribution in [0, 0.1) is 6.92 Å². The van der Waals surface area contributed by atoms with Crippen molar-refractivity contribution in [3.63, 3.8) is 0 Å². The summed E-state index contributed by atoms with van der Waals surface area (Å²) in [5.74, 6) is -0.487. The van der Waals surface area contributed by atoms with Crippen molar-refractivity contribution in [2.24, 2.45) is 0 Å². The van der Waals surface area contributed by atoms with Crippen LogP contribution >= 0.6 is 11.3 Å². The molecule has 1 aromatic heterocycles. The Hall–Kier alpha value is -3.07. The first-order valence-electron chi connectivity index (χ1n) is 9.62. The maximum absolute atomic E-state index is 13.2. The third-order valence-electron chi connectivity index (χ3n) is 4.82. The fourth-order valence-corrected chi connectivity index (χ4v) is 5.44. The topological polar surface area (TPSA) is 79.4 Å². The van der Waals surface area contributed by atoms with Gasteiger partial charge in [-0.2, -0.15) is 4.31 Å². The van der Waals surface area contributed by atoms with Crippen LogP contribution in [0.1, 0.15) is 20.9 Å². The first-order valence-corrected chi connectivity index (χ1v) is 11.9. The van der Waals surface area contributed by atoms with Crippen molar-refractivity contribution < 1.29 is 13.2 Å². The zero-order valence-corrected chi connectivity index (χ0v) is 18.7. The van der Waals surface area contributed by atoms with Crippen LogP contribution in [0.3, 0.4) is 0 Å². The van der Waals surface area contributed by atoms with Crippen LogP contribution in [0.2, 0.25) is 0 Å².